The number of nitrogens with one attached hydrogen (secondary N) is 1. The van der Waals surface area contributed by atoms with Crippen LogP contribution in [0, 0.1) is 0 Å². The molecule has 0 fully saturated rings. The average molecular weight is 303 g/mol. The molecule has 0 aliphatic carbocycles. The third kappa shape index (κ3) is 6.08. The fourth-order valence-electron chi connectivity index (χ4n) is 2.06. The van der Waals surface area contributed by atoms with E-state index in [0.29, 0.717) is 5.75 Å². The van der Waals surface area contributed by atoms with Crippen molar-refractivity contribution >= 4 is 17.7 Å². The molecule has 0 bridgehead atoms. The molecule has 21 heavy (non-hydrogen) atoms. The average Bonchev–Trinajstić information content (AvgIpc) is 2.99. The van der Waals surface area contributed by atoms with Gasteiger partial charge in [0.2, 0.25) is 5.91 Å². The molecule has 0 aliphatic heterocycles. The summed E-state index contributed by atoms with van der Waals surface area (Å²) in [5, 5.41) is 3.04. The molecule has 3 nitrogen and oxygen atoms in total. The topological polar surface area (TPSA) is 42.2 Å². The number of furan rings is 1. The van der Waals surface area contributed by atoms with Gasteiger partial charge in [-0.05, 0) is 37.5 Å². The molecule has 0 saturated carbocycles. The van der Waals surface area contributed by atoms with E-state index in [1.54, 1.807) is 18.0 Å². The first-order valence-electron chi connectivity index (χ1n) is 7.17. The number of hydrogen-bond acceptors (Lipinski definition) is 3. The predicted molar refractivity (Wildman–Crippen MR) is 87.2 cm³/mol. The van der Waals surface area contributed by atoms with E-state index in [9.17, 15) is 4.79 Å². The summed E-state index contributed by atoms with van der Waals surface area (Å²) in [5.74, 6) is 2.20. The summed E-state index contributed by atoms with van der Waals surface area (Å²) < 4.78 is 5.23. The maximum Gasteiger partial charge on any atom is 0.230 e. The predicted octanol–water partition coefficient (Wildman–Crippen LogP) is 3.65. The molecule has 1 aromatic carbocycles. The smallest absolute Gasteiger partial charge is 0.230 e. The highest BCUT2D eigenvalue weighted by molar-refractivity contribution is 7.99. The van der Waals surface area contributed by atoms with Crippen LogP contribution in [-0.4, -0.2) is 17.7 Å². The summed E-state index contributed by atoms with van der Waals surface area (Å²) in [6.07, 6.45) is 3.60. The second kappa shape index (κ2) is 8.57. The number of benzene rings is 1. The molecule has 0 saturated heterocycles. The minimum Gasteiger partial charge on any atom is -0.468 e. The summed E-state index contributed by atoms with van der Waals surface area (Å²) in [4.78, 5) is 11.8. The van der Waals surface area contributed by atoms with E-state index in [1.807, 2.05) is 30.3 Å². The summed E-state index contributed by atoms with van der Waals surface area (Å²) in [5.41, 5.74) is 1.31. The van der Waals surface area contributed by atoms with Crippen LogP contribution in [0.4, 0.5) is 0 Å². The van der Waals surface area contributed by atoms with Crippen LogP contribution in [0.3, 0.4) is 0 Å². The fraction of sp³-hybridized carbons (Fsp3) is 0.353. The van der Waals surface area contributed by atoms with E-state index < -0.39 is 0 Å². The number of thioether (sulfide) groups is 1. The number of amides is 1. The van der Waals surface area contributed by atoms with Crippen LogP contribution in [0.1, 0.15) is 24.7 Å². The first-order valence-corrected chi connectivity index (χ1v) is 8.33. The van der Waals surface area contributed by atoms with Crippen molar-refractivity contribution in [3.63, 3.8) is 0 Å². The third-order valence-corrected chi connectivity index (χ3v) is 4.13. The van der Waals surface area contributed by atoms with Gasteiger partial charge in [0.25, 0.3) is 0 Å². The van der Waals surface area contributed by atoms with Crippen molar-refractivity contribution in [2.45, 2.75) is 31.6 Å². The van der Waals surface area contributed by atoms with Gasteiger partial charge >= 0.3 is 0 Å². The molecule has 2 rings (SSSR count). The van der Waals surface area contributed by atoms with Gasteiger partial charge in [0.05, 0.1) is 17.8 Å². The molecule has 1 amide bonds. The zero-order valence-electron chi connectivity index (χ0n) is 12.2. The molecule has 1 heterocycles. The van der Waals surface area contributed by atoms with E-state index in [2.05, 4.69) is 24.4 Å². The molecule has 0 spiro atoms. The molecule has 0 aliphatic rings. The van der Waals surface area contributed by atoms with E-state index in [-0.39, 0.29) is 11.9 Å². The lowest BCUT2D eigenvalue weighted by molar-refractivity contribution is -0.119. The third-order valence-electron chi connectivity index (χ3n) is 3.17. The largest absolute Gasteiger partial charge is 0.468 e. The van der Waals surface area contributed by atoms with Gasteiger partial charge in [-0.15, -0.1) is 11.8 Å². The summed E-state index contributed by atoms with van der Waals surface area (Å²) in [6.45, 7) is 2.05. The maximum absolute atomic E-state index is 11.8. The normalized spacial score (nSPS) is 12.0. The minimum absolute atomic E-state index is 0.0899. The first kappa shape index (κ1) is 15.7. The van der Waals surface area contributed by atoms with Crippen molar-refractivity contribution < 1.29 is 9.21 Å². The van der Waals surface area contributed by atoms with Crippen LogP contribution < -0.4 is 5.32 Å². The van der Waals surface area contributed by atoms with Crippen LogP contribution in [0.25, 0.3) is 0 Å². The van der Waals surface area contributed by atoms with Crippen LogP contribution in [0.15, 0.2) is 53.1 Å². The highest BCUT2D eigenvalue weighted by Crippen LogP contribution is 2.12. The van der Waals surface area contributed by atoms with Crippen LogP contribution in [-0.2, 0) is 17.0 Å². The van der Waals surface area contributed by atoms with Gasteiger partial charge in [-0.2, -0.15) is 0 Å². The lowest BCUT2D eigenvalue weighted by atomic mass is 10.1. The second-order valence-electron chi connectivity index (χ2n) is 5.06. The van der Waals surface area contributed by atoms with E-state index in [4.69, 9.17) is 4.42 Å². The Morgan fingerprint density at radius 3 is 2.76 bits per heavy atom. The van der Waals surface area contributed by atoms with Crippen LogP contribution in [0.2, 0.25) is 0 Å². The lowest BCUT2D eigenvalue weighted by Crippen LogP contribution is -2.34. The standard InChI is InChI=1S/C17H21NO2S/c1-14(9-10-15-6-3-2-4-7-15)18-17(19)13-21-12-16-8-5-11-20-16/h2-8,11,14H,9-10,12-13H2,1H3,(H,18,19). The molecule has 0 radical (unpaired) electrons. The Labute approximate surface area is 130 Å². The molecule has 1 atom stereocenters. The molecule has 1 aromatic heterocycles. The number of hydrogen-bond donors (Lipinski definition) is 1. The van der Waals surface area contributed by atoms with Crippen molar-refractivity contribution in [3.05, 3.63) is 60.1 Å². The highest BCUT2D eigenvalue weighted by atomic mass is 32.2. The second-order valence-corrected chi connectivity index (χ2v) is 6.05. The number of aryl methyl sites for hydroxylation is 1. The van der Waals surface area contributed by atoms with E-state index in [0.717, 1.165) is 24.4 Å². The van der Waals surface area contributed by atoms with Crippen molar-refractivity contribution in [2.24, 2.45) is 0 Å². The molecule has 1 unspecified atom stereocenters. The summed E-state index contributed by atoms with van der Waals surface area (Å²) in [6, 6.07) is 14.3. The zero-order valence-corrected chi connectivity index (χ0v) is 13.1. The molecule has 4 heteroatoms. The molecular formula is C17H21NO2S. The first-order chi connectivity index (χ1) is 10.2. The van der Waals surface area contributed by atoms with Crippen LogP contribution in [0.5, 0.6) is 0 Å². The molecule has 2 aromatic rings. The van der Waals surface area contributed by atoms with Crippen molar-refractivity contribution in [3.8, 4) is 0 Å². The fourth-order valence-corrected chi connectivity index (χ4v) is 2.79. The van der Waals surface area contributed by atoms with Gasteiger partial charge in [-0.1, -0.05) is 30.3 Å². The molecule has 112 valence electrons. The van der Waals surface area contributed by atoms with E-state index >= 15 is 0 Å². The van der Waals surface area contributed by atoms with Crippen molar-refractivity contribution in [2.75, 3.05) is 5.75 Å². The highest BCUT2D eigenvalue weighted by Gasteiger charge is 2.08. The lowest BCUT2D eigenvalue weighted by Gasteiger charge is -2.13. The zero-order chi connectivity index (χ0) is 14.9. The Morgan fingerprint density at radius 2 is 2.05 bits per heavy atom. The van der Waals surface area contributed by atoms with Gasteiger partial charge in [0.1, 0.15) is 5.76 Å². The van der Waals surface area contributed by atoms with Gasteiger partial charge in [0, 0.05) is 6.04 Å². The Hall–Kier alpha value is -1.68. The van der Waals surface area contributed by atoms with Gasteiger partial charge in [-0.3, -0.25) is 4.79 Å². The van der Waals surface area contributed by atoms with Crippen molar-refractivity contribution in [1.82, 2.24) is 5.32 Å². The quantitative estimate of drug-likeness (QED) is 0.809. The Balaban J connectivity index is 1.60. The van der Waals surface area contributed by atoms with E-state index in [1.165, 1.54) is 5.56 Å². The number of carbonyl (C=O) groups is 1. The Kier molecular flexibility index (Phi) is 6.41. The maximum atomic E-state index is 11.8. The molecule has 1 N–H and O–H groups in total. The monoisotopic (exact) mass is 303 g/mol. The minimum atomic E-state index is 0.0899. The molecular weight excluding hydrogens is 282 g/mol. The Morgan fingerprint density at radius 1 is 1.24 bits per heavy atom. The number of rotatable bonds is 8. The SMILES string of the molecule is CC(CCc1ccccc1)NC(=O)CSCc1ccco1. The van der Waals surface area contributed by atoms with Gasteiger partial charge < -0.3 is 9.73 Å². The summed E-state index contributed by atoms with van der Waals surface area (Å²) >= 11 is 1.57. The van der Waals surface area contributed by atoms with Gasteiger partial charge in [-0.25, -0.2) is 0 Å². The van der Waals surface area contributed by atoms with Crippen molar-refractivity contribution in [1.29, 1.82) is 0 Å². The Bertz CT molecular complexity index is 525. The van der Waals surface area contributed by atoms with Gasteiger partial charge in [0.15, 0.2) is 0 Å². The number of carbonyl (C=O) groups excluding carboxylic acids is 1. The summed E-state index contributed by atoms with van der Waals surface area (Å²) in [7, 11) is 0. The van der Waals surface area contributed by atoms with Crippen LogP contribution >= 0.6 is 11.8 Å².